The number of amides is 1. The first-order valence-electron chi connectivity index (χ1n) is 12.6. The van der Waals surface area contributed by atoms with Crippen LogP contribution in [0, 0.1) is 6.92 Å². The Kier molecular flexibility index (Phi) is 9.69. The van der Waals surface area contributed by atoms with Crippen LogP contribution in [0.3, 0.4) is 0 Å². The molecule has 3 aromatic rings. The number of nitrogens with one attached hydrogen (secondary N) is 1. The van der Waals surface area contributed by atoms with Gasteiger partial charge in [-0.25, -0.2) is 13.1 Å². The highest BCUT2D eigenvalue weighted by molar-refractivity contribution is 7.90. The van der Waals surface area contributed by atoms with Crippen LogP contribution in [0.15, 0.2) is 53.4 Å². The van der Waals surface area contributed by atoms with Gasteiger partial charge in [0.05, 0.1) is 21.4 Å². The van der Waals surface area contributed by atoms with Crippen LogP contribution >= 0.6 is 23.2 Å². The Labute approximate surface area is 237 Å². The molecule has 0 radical (unpaired) electrons. The molecule has 0 aliphatic carbocycles. The van der Waals surface area contributed by atoms with E-state index in [1.165, 1.54) is 12.1 Å². The van der Waals surface area contributed by atoms with Gasteiger partial charge in [0.15, 0.2) is 0 Å². The molecule has 0 aromatic heterocycles. The van der Waals surface area contributed by atoms with Crippen molar-refractivity contribution in [1.82, 2.24) is 9.62 Å². The molecule has 3 aromatic carbocycles. The lowest BCUT2D eigenvalue weighted by molar-refractivity contribution is -0.118. The number of halogens is 2. The van der Waals surface area contributed by atoms with E-state index in [0.29, 0.717) is 16.6 Å². The second-order valence-corrected chi connectivity index (χ2v) is 13.0. The van der Waals surface area contributed by atoms with Crippen LogP contribution in [0.1, 0.15) is 67.3 Å². The molecule has 0 unspecified atom stereocenters. The van der Waals surface area contributed by atoms with Gasteiger partial charge in [0.2, 0.25) is 5.91 Å². The molecule has 0 fully saturated rings. The Balaban J connectivity index is 1.96. The lowest BCUT2D eigenvalue weighted by Crippen LogP contribution is -2.32. The van der Waals surface area contributed by atoms with Crippen LogP contribution in [0.25, 0.3) is 11.1 Å². The molecule has 0 aliphatic heterocycles. The highest BCUT2D eigenvalue weighted by atomic mass is 35.5. The molecular weight excluding hydrogens is 539 g/mol. The summed E-state index contributed by atoms with van der Waals surface area (Å²) in [6, 6.07) is 14.5. The number of hydrogen-bond donors (Lipinski definition) is 1. The second kappa shape index (κ2) is 12.2. The monoisotopic (exact) mass is 574 g/mol. The molecule has 8 heteroatoms. The molecule has 1 amide bonds. The third-order valence-electron chi connectivity index (χ3n) is 6.53. The Morgan fingerprint density at radius 2 is 1.47 bits per heavy atom. The second-order valence-electron chi connectivity index (χ2n) is 10.6. The number of benzene rings is 3. The summed E-state index contributed by atoms with van der Waals surface area (Å²) in [7, 11) is -0.108. The van der Waals surface area contributed by atoms with Crippen LogP contribution in [0.5, 0.6) is 0 Å². The van der Waals surface area contributed by atoms with E-state index in [0.717, 1.165) is 38.9 Å². The summed E-state index contributed by atoms with van der Waals surface area (Å²) in [5.74, 6) is -0.344. The number of hydrogen-bond acceptors (Lipinski definition) is 4. The summed E-state index contributed by atoms with van der Waals surface area (Å²) in [5.41, 5.74) is 6.68. The minimum absolute atomic E-state index is 0.0421. The minimum atomic E-state index is -4.00. The van der Waals surface area contributed by atoms with Gasteiger partial charge in [0.1, 0.15) is 0 Å². The van der Waals surface area contributed by atoms with Crippen molar-refractivity contribution < 1.29 is 13.2 Å². The van der Waals surface area contributed by atoms with E-state index in [2.05, 4.69) is 44.5 Å². The van der Waals surface area contributed by atoms with Crippen LogP contribution in [-0.4, -0.2) is 33.3 Å². The molecular formula is C30H36Cl2N2O3S. The highest BCUT2D eigenvalue weighted by Crippen LogP contribution is 2.38. The van der Waals surface area contributed by atoms with E-state index in [4.69, 9.17) is 23.2 Å². The Hall–Kier alpha value is -2.38. The summed E-state index contributed by atoms with van der Waals surface area (Å²) < 4.78 is 28.2. The zero-order valence-corrected chi connectivity index (χ0v) is 25.4. The van der Waals surface area contributed by atoms with Gasteiger partial charge < -0.3 is 4.90 Å². The molecule has 3 rings (SSSR count). The molecule has 0 bridgehead atoms. The maximum atomic E-state index is 13.1. The quantitative estimate of drug-likeness (QED) is 0.290. The summed E-state index contributed by atoms with van der Waals surface area (Å²) in [6.45, 7) is 10.9. The van der Waals surface area contributed by atoms with Gasteiger partial charge in [-0.15, -0.1) is 0 Å². The van der Waals surface area contributed by atoms with Crippen molar-refractivity contribution in [2.75, 3.05) is 14.1 Å². The van der Waals surface area contributed by atoms with Crippen molar-refractivity contribution in [3.8, 4) is 11.1 Å². The number of carbonyl (C=O) groups excluding carboxylic acids is 1. The largest absolute Gasteiger partial charge is 0.305 e. The predicted molar refractivity (Wildman–Crippen MR) is 158 cm³/mol. The maximum absolute atomic E-state index is 13.1. The number of sulfonamides is 1. The molecule has 0 saturated carbocycles. The lowest BCUT2D eigenvalue weighted by Gasteiger charge is -2.22. The van der Waals surface area contributed by atoms with E-state index in [1.807, 2.05) is 32.0 Å². The summed E-state index contributed by atoms with van der Waals surface area (Å²) >= 11 is 12.7. The van der Waals surface area contributed by atoms with Gasteiger partial charge >= 0.3 is 0 Å². The van der Waals surface area contributed by atoms with Crippen molar-refractivity contribution in [3.05, 3.63) is 86.4 Å². The summed E-state index contributed by atoms with van der Waals surface area (Å²) in [5, 5.41) is 1.02. The van der Waals surface area contributed by atoms with Crippen LogP contribution < -0.4 is 4.72 Å². The fourth-order valence-electron chi connectivity index (χ4n) is 4.62. The van der Waals surface area contributed by atoms with Crippen LogP contribution in [0.2, 0.25) is 10.0 Å². The Morgan fingerprint density at radius 1 is 0.921 bits per heavy atom. The number of carbonyl (C=O) groups is 1. The van der Waals surface area contributed by atoms with Gasteiger partial charge in [-0.3, -0.25) is 4.79 Å². The molecule has 0 atom stereocenters. The predicted octanol–water partition coefficient (Wildman–Crippen LogP) is 7.32. The number of rotatable bonds is 9. The molecule has 38 heavy (non-hydrogen) atoms. The Morgan fingerprint density at radius 3 is 1.97 bits per heavy atom. The van der Waals surface area contributed by atoms with Crippen molar-refractivity contribution in [2.24, 2.45) is 0 Å². The molecule has 0 heterocycles. The van der Waals surface area contributed by atoms with Crippen LogP contribution in [0.4, 0.5) is 0 Å². The van der Waals surface area contributed by atoms with E-state index >= 15 is 0 Å². The van der Waals surface area contributed by atoms with E-state index in [1.54, 1.807) is 18.2 Å². The third-order valence-corrected chi connectivity index (χ3v) is 8.82. The van der Waals surface area contributed by atoms with E-state index in [-0.39, 0.29) is 23.2 Å². The summed E-state index contributed by atoms with van der Waals surface area (Å²) in [4.78, 5) is 15.2. The fourth-order valence-corrected chi connectivity index (χ4v) is 5.97. The average molecular weight is 576 g/mol. The van der Waals surface area contributed by atoms with Gasteiger partial charge in [-0.2, -0.15) is 0 Å². The SMILES string of the molecule is Cc1c(-c2cc(C(C)C)c(CC(=O)NS(=O)(=O)c3ccc(CN(C)C)cc3)c(C(C)C)c2)ccc(Cl)c1Cl. The van der Waals surface area contributed by atoms with Crippen LogP contribution in [-0.2, 0) is 27.8 Å². The van der Waals surface area contributed by atoms with E-state index < -0.39 is 15.9 Å². The van der Waals surface area contributed by atoms with Crippen molar-refractivity contribution in [2.45, 2.75) is 64.3 Å². The molecule has 0 spiro atoms. The first kappa shape index (κ1) is 30.2. The molecule has 0 aliphatic rings. The normalized spacial score (nSPS) is 12.0. The molecule has 1 N–H and O–H groups in total. The zero-order chi connectivity index (χ0) is 28.4. The summed E-state index contributed by atoms with van der Waals surface area (Å²) in [6.07, 6.45) is -0.0421. The Bertz CT molecular complexity index is 1400. The number of nitrogens with zero attached hydrogens (tertiary/aromatic N) is 1. The molecule has 204 valence electrons. The third kappa shape index (κ3) is 6.97. The fraction of sp³-hybridized carbons (Fsp3) is 0.367. The van der Waals surface area contributed by atoms with Gasteiger partial charge in [0, 0.05) is 6.54 Å². The van der Waals surface area contributed by atoms with Crippen molar-refractivity contribution in [3.63, 3.8) is 0 Å². The lowest BCUT2D eigenvalue weighted by atomic mass is 9.83. The van der Waals surface area contributed by atoms with E-state index in [9.17, 15) is 13.2 Å². The molecule has 5 nitrogen and oxygen atoms in total. The van der Waals surface area contributed by atoms with Gasteiger partial charge in [-0.1, -0.05) is 81.2 Å². The molecule has 0 saturated heterocycles. The first-order chi connectivity index (χ1) is 17.7. The standard InChI is InChI=1S/C30H36Cl2N2O3S/c1-18(2)25-14-22(24-12-13-28(31)30(32)20(24)5)15-26(19(3)4)27(25)16-29(35)33-38(36,37)23-10-8-21(9-11-23)17-34(6)7/h8-15,18-19H,16-17H2,1-7H3,(H,33,35). The smallest absolute Gasteiger partial charge is 0.264 e. The van der Waals surface area contributed by atoms with Crippen molar-refractivity contribution in [1.29, 1.82) is 0 Å². The topological polar surface area (TPSA) is 66.5 Å². The highest BCUT2D eigenvalue weighted by Gasteiger charge is 2.23. The average Bonchev–Trinajstić information content (AvgIpc) is 2.82. The van der Waals surface area contributed by atoms with Gasteiger partial charge in [-0.05, 0) is 90.0 Å². The zero-order valence-electron chi connectivity index (χ0n) is 23.0. The van der Waals surface area contributed by atoms with Crippen molar-refractivity contribution >= 4 is 39.1 Å². The van der Waals surface area contributed by atoms with Gasteiger partial charge in [0.25, 0.3) is 10.0 Å². The maximum Gasteiger partial charge on any atom is 0.264 e. The minimum Gasteiger partial charge on any atom is -0.305 e. The first-order valence-corrected chi connectivity index (χ1v) is 14.9.